The van der Waals surface area contributed by atoms with Crippen LogP contribution in [0, 0.1) is 23.7 Å². The van der Waals surface area contributed by atoms with Crippen molar-refractivity contribution in [3.63, 3.8) is 0 Å². The third-order valence-electron chi connectivity index (χ3n) is 6.07. The lowest BCUT2D eigenvalue weighted by atomic mass is 9.77. The second-order valence-corrected chi connectivity index (χ2v) is 7.38. The number of Topliss-reactive ketones (excluding diaryl/α,β-unsaturated/α-hetero) is 1. The minimum atomic E-state index is 0.107. The molecule has 0 heterocycles. The summed E-state index contributed by atoms with van der Waals surface area (Å²) in [5.74, 6) is 3.52. The number of benzene rings is 1. The van der Waals surface area contributed by atoms with Gasteiger partial charge in [0.15, 0.2) is 0 Å². The molecular formula is C20H28O. The first-order chi connectivity index (χ1) is 10.2. The van der Waals surface area contributed by atoms with Gasteiger partial charge in [0.25, 0.3) is 0 Å². The lowest BCUT2D eigenvalue weighted by Crippen LogP contribution is -2.24. The molecule has 0 aromatic heterocycles. The molecule has 5 unspecified atom stereocenters. The normalized spacial score (nSPS) is 30.3. The first-order valence-corrected chi connectivity index (χ1v) is 8.76. The van der Waals surface area contributed by atoms with Crippen molar-refractivity contribution >= 4 is 5.78 Å². The van der Waals surface area contributed by atoms with E-state index >= 15 is 0 Å². The van der Waals surface area contributed by atoms with Crippen molar-refractivity contribution in [1.82, 2.24) is 0 Å². The summed E-state index contributed by atoms with van der Waals surface area (Å²) in [6, 6.07) is 10.4. The highest BCUT2D eigenvalue weighted by molar-refractivity contribution is 5.86. The highest BCUT2D eigenvalue weighted by Gasteiger charge is 2.41. The van der Waals surface area contributed by atoms with Crippen LogP contribution in [0.25, 0.3) is 0 Å². The smallest absolute Gasteiger partial charge is 0.140 e. The Kier molecular flexibility index (Phi) is 4.47. The molecule has 1 aromatic rings. The fraction of sp³-hybridized carbons (Fsp3) is 0.650. The van der Waals surface area contributed by atoms with E-state index in [1.807, 2.05) is 6.07 Å². The Balaban J connectivity index is 1.72. The zero-order chi connectivity index (χ0) is 14.8. The molecule has 1 heteroatoms. The molecule has 2 saturated carbocycles. The number of carbonyl (C=O) groups is 1. The quantitative estimate of drug-likeness (QED) is 0.700. The SMILES string of the molecule is CCC(C)C(C(=O)CC1CC2CCC1C2)c1ccccc1. The Bertz CT molecular complexity index is 478. The van der Waals surface area contributed by atoms with Gasteiger partial charge in [0.05, 0.1) is 0 Å². The second-order valence-electron chi connectivity index (χ2n) is 7.38. The summed E-state index contributed by atoms with van der Waals surface area (Å²) in [5.41, 5.74) is 1.22. The largest absolute Gasteiger partial charge is 0.299 e. The molecule has 0 saturated heterocycles. The Morgan fingerprint density at radius 2 is 1.95 bits per heavy atom. The van der Waals surface area contributed by atoms with E-state index in [0.29, 0.717) is 17.6 Å². The van der Waals surface area contributed by atoms with Gasteiger partial charge in [-0.1, -0.05) is 57.0 Å². The van der Waals surface area contributed by atoms with Crippen molar-refractivity contribution in [2.75, 3.05) is 0 Å². The molecule has 0 spiro atoms. The third kappa shape index (κ3) is 3.07. The molecule has 114 valence electrons. The predicted octanol–water partition coefficient (Wildman–Crippen LogP) is 5.21. The molecule has 0 radical (unpaired) electrons. The fourth-order valence-electron chi connectivity index (χ4n) is 4.74. The Morgan fingerprint density at radius 3 is 2.52 bits per heavy atom. The molecular weight excluding hydrogens is 256 g/mol. The van der Waals surface area contributed by atoms with Crippen LogP contribution in [0.2, 0.25) is 0 Å². The van der Waals surface area contributed by atoms with Crippen LogP contribution in [0.4, 0.5) is 0 Å². The summed E-state index contributed by atoms with van der Waals surface area (Å²) in [6.07, 6.45) is 7.41. The molecule has 21 heavy (non-hydrogen) atoms. The number of fused-ring (bicyclic) bond motifs is 2. The first kappa shape index (κ1) is 14.8. The highest BCUT2D eigenvalue weighted by atomic mass is 16.1. The molecule has 5 atom stereocenters. The van der Waals surface area contributed by atoms with E-state index in [1.54, 1.807) is 0 Å². The van der Waals surface area contributed by atoms with E-state index in [0.717, 1.165) is 24.7 Å². The number of hydrogen-bond acceptors (Lipinski definition) is 1. The van der Waals surface area contributed by atoms with E-state index in [4.69, 9.17) is 0 Å². The maximum absolute atomic E-state index is 13.0. The Hall–Kier alpha value is -1.11. The fourth-order valence-corrected chi connectivity index (χ4v) is 4.74. The lowest BCUT2D eigenvalue weighted by Gasteiger charge is -2.26. The minimum Gasteiger partial charge on any atom is -0.299 e. The van der Waals surface area contributed by atoms with Gasteiger partial charge < -0.3 is 0 Å². The molecule has 2 fully saturated rings. The van der Waals surface area contributed by atoms with E-state index < -0.39 is 0 Å². The topological polar surface area (TPSA) is 17.1 Å². The number of ketones is 1. The van der Waals surface area contributed by atoms with Gasteiger partial charge in [0.1, 0.15) is 5.78 Å². The van der Waals surface area contributed by atoms with Crippen LogP contribution >= 0.6 is 0 Å². The van der Waals surface area contributed by atoms with Crippen molar-refractivity contribution in [3.05, 3.63) is 35.9 Å². The summed E-state index contributed by atoms with van der Waals surface area (Å²) in [5, 5.41) is 0. The average molecular weight is 284 g/mol. The summed E-state index contributed by atoms with van der Waals surface area (Å²) in [6.45, 7) is 4.43. The van der Waals surface area contributed by atoms with Gasteiger partial charge in [-0.05, 0) is 48.5 Å². The van der Waals surface area contributed by atoms with Gasteiger partial charge >= 0.3 is 0 Å². The van der Waals surface area contributed by atoms with Gasteiger partial charge in [-0.15, -0.1) is 0 Å². The Morgan fingerprint density at radius 1 is 1.19 bits per heavy atom. The lowest BCUT2D eigenvalue weighted by molar-refractivity contribution is -0.122. The van der Waals surface area contributed by atoms with Crippen molar-refractivity contribution in [2.45, 2.75) is 58.3 Å². The van der Waals surface area contributed by atoms with Crippen molar-refractivity contribution in [2.24, 2.45) is 23.7 Å². The molecule has 3 rings (SSSR count). The minimum absolute atomic E-state index is 0.107. The molecule has 2 aliphatic carbocycles. The van der Waals surface area contributed by atoms with E-state index in [9.17, 15) is 4.79 Å². The zero-order valence-corrected chi connectivity index (χ0v) is 13.4. The summed E-state index contributed by atoms with van der Waals surface area (Å²) in [7, 11) is 0. The summed E-state index contributed by atoms with van der Waals surface area (Å²) >= 11 is 0. The second kappa shape index (κ2) is 6.34. The average Bonchev–Trinajstić information content (AvgIpc) is 3.11. The van der Waals surface area contributed by atoms with Crippen molar-refractivity contribution in [1.29, 1.82) is 0 Å². The van der Waals surface area contributed by atoms with E-state index in [-0.39, 0.29) is 5.92 Å². The van der Waals surface area contributed by atoms with Crippen LogP contribution in [0.5, 0.6) is 0 Å². The zero-order valence-electron chi connectivity index (χ0n) is 13.4. The standard InChI is InChI=1S/C20H28O/c1-3-14(2)20(16-7-5-4-6-8-16)19(21)13-18-12-15-9-10-17(18)11-15/h4-8,14-15,17-18,20H,3,9-13H2,1-2H3. The third-order valence-corrected chi connectivity index (χ3v) is 6.07. The van der Waals surface area contributed by atoms with Crippen LogP contribution in [0.3, 0.4) is 0 Å². The van der Waals surface area contributed by atoms with Gasteiger partial charge in [0.2, 0.25) is 0 Å². The van der Waals surface area contributed by atoms with Crippen molar-refractivity contribution in [3.8, 4) is 0 Å². The van der Waals surface area contributed by atoms with E-state index in [2.05, 4.69) is 38.1 Å². The molecule has 2 aliphatic rings. The van der Waals surface area contributed by atoms with Gasteiger partial charge in [-0.2, -0.15) is 0 Å². The molecule has 0 N–H and O–H groups in total. The van der Waals surface area contributed by atoms with Crippen molar-refractivity contribution < 1.29 is 4.79 Å². The van der Waals surface area contributed by atoms with Gasteiger partial charge in [-0.25, -0.2) is 0 Å². The van der Waals surface area contributed by atoms with Gasteiger partial charge in [0, 0.05) is 12.3 Å². The molecule has 0 aliphatic heterocycles. The van der Waals surface area contributed by atoms with Crippen LogP contribution in [0.1, 0.15) is 63.9 Å². The Labute approximate surface area is 129 Å². The maximum atomic E-state index is 13.0. The molecule has 0 amide bonds. The summed E-state index contributed by atoms with van der Waals surface area (Å²) < 4.78 is 0. The predicted molar refractivity (Wildman–Crippen MR) is 87.2 cm³/mol. The van der Waals surface area contributed by atoms with Crippen LogP contribution in [0.15, 0.2) is 30.3 Å². The van der Waals surface area contributed by atoms with Crippen LogP contribution in [-0.4, -0.2) is 5.78 Å². The van der Waals surface area contributed by atoms with Crippen LogP contribution in [-0.2, 0) is 4.79 Å². The number of carbonyl (C=O) groups excluding carboxylic acids is 1. The molecule has 2 bridgehead atoms. The number of hydrogen-bond donors (Lipinski definition) is 0. The highest BCUT2D eigenvalue weighted by Crippen LogP contribution is 2.50. The maximum Gasteiger partial charge on any atom is 0.140 e. The summed E-state index contributed by atoms with van der Waals surface area (Å²) in [4.78, 5) is 13.0. The molecule has 1 nitrogen and oxygen atoms in total. The molecule has 1 aromatic carbocycles. The van der Waals surface area contributed by atoms with E-state index in [1.165, 1.54) is 31.2 Å². The monoisotopic (exact) mass is 284 g/mol. The van der Waals surface area contributed by atoms with Gasteiger partial charge in [-0.3, -0.25) is 4.79 Å². The van der Waals surface area contributed by atoms with Crippen LogP contribution < -0.4 is 0 Å². The first-order valence-electron chi connectivity index (χ1n) is 8.76. The number of rotatable bonds is 6.